The molecule has 1 fully saturated rings. The van der Waals surface area contributed by atoms with Crippen molar-refractivity contribution in [1.82, 2.24) is 10.2 Å². The van der Waals surface area contributed by atoms with Gasteiger partial charge in [-0.1, -0.05) is 0 Å². The zero-order valence-electron chi connectivity index (χ0n) is 13.0. The molecule has 1 aliphatic rings. The summed E-state index contributed by atoms with van der Waals surface area (Å²) >= 11 is 0.0673. The summed E-state index contributed by atoms with van der Waals surface area (Å²) in [7, 11) is 2.05. The maximum atomic E-state index is 10.6. The van der Waals surface area contributed by atoms with Crippen LogP contribution in [0.25, 0.3) is 0 Å². The van der Waals surface area contributed by atoms with Gasteiger partial charge in [-0.15, -0.1) is 0 Å². The molecule has 0 bridgehead atoms. The number of halogens is 1. The Kier molecular flexibility index (Phi) is 8.86. The molecule has 4 heteroatoms. The van der Waals surface area contributed by atoms with Gasteiger partial charge in [0.2, 0.25) is 0 Å². The van der Waals surface area contributed by atoms with Crippen molar-refractivity contribution in [3.8, 4) is 0 Å². The summed E-state index contributed by atoms with van der Waals surface area (Å²) in [5.74, 6) is 1.50. The van der Waals surface area contributed by atoms with Gasteiger partial charge in [0, 0.05) is 0 Å². The summed E-state index contributed by atoms with van der Waals surface area (Å²) in [6, 6.07) is 0. The Bertz CT molecular complexity index is 240. The molecule has 0 spiro atoms. The molecule has 2 N–H and O–H groups in total. The Balaban J connectivity index is 2.68. The molecule has 2 unspecified atom stereocenters. The van der Waals surface area contributed by atoms with E-state index in [0.717, 1.165) is 19.0 Å². The van der Waals surface area contributed by atoms with Crippen molar-refractivity contribution in [1.29, 1.82) is 0 Å². The van der Waals surface area contributed by atoms with Crippen molar-refractivity contribution in [3.63, 3.8) is 0 Å². The molecular weight excluding hydrogens is 351 g/mol. The molecule has 1 rings (SSSR count). The molecule has 19 heavy (non-hydrogen) atoms. The van der Waals surface area contributed by atoms with Crippen LogP contribution < -0.4 is 26.5 Å². The van der Waals surface area contributed by atoms with Gasteiger partial charge in [0.05, 0.1) is 0 Å². The quantitative estimate of drug-likeness (QED) is 0.354. The topological polar surface area (TPSA) is 35.5 Å². The summed E-state index contributed by atoms with van der Waals surface area (Å²) in [5, 5.41) is 14.1. The summed E-state index contributed by atoms with van der Waals surface area (Å²) in [6.45, 7) is 7.74. The van der Waals surface area contributed by atoms with Crippen LogP contribution in [-0.4, -0.2) is 51.8 Å². The van der Waals surface area contributed by atoms with Crippen LogP contribution in [0.5, 0.6) is 0 Å². The first-order chi connectivity index (χ1) is 9.10. The number of nitrogens with zero attached hydrogens (tertiary/aromatic N) is 1. The molecule has 116 valence electrons. The molecule has 1 saturated heterocycles. The third-order valence-corrected chi connectivity index (χ3v) is 7.48. The van der Waals surface area contributed by atoms with Crippen molar-refractivity contribution in [2.45, 2.75) is 49.7 Å². The molecule has 0 aromatic rings. The number of aliphatic hydroxyl groups is 1. The fourth-order valence-corrected chi connectivity index (χ4v) is 5.86. The summed E-state index contributed by atoms with van der Waals surface area (Å²) < 4.78 is 0.520. The molecule has 0 amide bonds. The van der Waals surface area contributed by atoms with Crippen LogP contribution in [0.3, 0.4) is 0 Å². The molecule has 0 saturated carbocycles. The summed E-state index contributed by atoms with van der Waals surface area (Å²) in [5.41, 5.74) is 0. The molecule has 0 radical (unpaired) electrons. The number of hydrogen-bond donors (Lipinski definition) is 2. The normalized spacial score (nSPS) is 29.6. The van der Waals surface area contributed by atoms with Crippen LogP contribution in [0.4, 0.5) is 0 Å². The van der Waals surface area contributed by atoms with E-state index in [1.807, 2.05) is 7.05 Å². The Morgan fingerprint density at radius 3 is 2.74 bits per heavy atom. The second-order valence-electron chi connectivity index (χ2n) is 5.93. The zero-order valence-corrected chi connectivity index (χ0v) is 15.2. The molecule has 0 aliphatic carbocycles. The predicted octanol–water partition coefficient (Wildman–Crippen LogP) is -1.24. The van der Waals surface area contributed by atoms with Gasteiger partial charge in [0.15, 0.2) is 0 Å². The third kappa shape index (κ3) is 5.86. The SMILES string of the molecule is CCN(C)[C@H](O)C([I-]C)C1CCNCCC[C@H](C)C1. The Morgan fingerprint density at radius 1 is 1.37 bits per heavy atom. The number of nitrogens with one attached hydrogen (secondary N) is 1. The van der Waals surface area contributed by atoms with E-state index in [9.17, 15) is 5.11 Å². The third-order valence-electron chi connectivity index (χ3n) is 4.39. The van der Waals surface area contributed by atoms with E-state index >= 15 is 0 Å². The van der Waals surface area contributed by atoms with Crippen molar-refractivity contribution >= 4 is 0 Å². The molecular formula is C15H32IN2O-. The van der Waals surface area contributed by atoms with E-state index in [2.05, 4.69) is 29.0 Å². The Morgan fingerprint density at radius 2 is 2.11 bits per heavy atom. The number of aliphatic hydroxyl groups excluding tert-OH is 1. The first-order valence-corrected chi connectivity index (χ1v) is 11.1. The van der Waals surface area contributed by atoms with Gasteiger partial charge in [0.1, 0.15) is 0 Å². The van der Waals surface area contributed by atoms with Gasteiger partial charge in [-0.2, -0.15) is 0 Å². The predicted molar refractivity (Wildman–Crippen MR) is 78.0 cm³/mol. The number of rotatable bonds is 5. The van der Waals surface area contributed by atoms with Gasteiger partial charge in [-0.3, -0.25) is 0 Å². The maximum absolute atomic E-state index is 10.6. The van der Waals surface area contributed by atoms with Crippen LogP contribution in [0, 0.1) is 11.8 Å². The van der Waals surface area contributed by atoms with E-state index in [0.29, 0.717) is 9.84 Å². The molecule has 3 nitrogen and oxygen atoms in total. The van der Waals surface area contributed by atoms with Gasteiger partial charge in [0.25, 0.3) is 0 Å². The van der Waals surface area contributed by atoms with E-state index < -0.39 is 0 Å². The van der Waals surface area contributed by atoms with Gasteiger partial charge < -0.3 is 0 Å². The Hall–Kier alpha value is 0.610. The fraction of sp³-hybridized carbons (Fsp3) is 1.00. The van der Waals surface area contributed by atoms with Crippen molar-refractivity contribution in [2.24, 2.45) is 11.8 Å². The van der Waals surface area contributed by atoms with Crippen molar-refractivity contribution in [2.75, 3.05) is 31.6 Å². The van der Waals surface area contributed by atoms with Gasteiger partial charge in [-0.05, 0) is 0 Å². The van der Waals surface area contributed by atoms with Gasteiger partial charge >= 0.3 is 130 Å². The van der Waals surface area contributed by atoms with Crippen molar-refractivity contribution < 1.29 is 26.3 Å². The van der Waals surface area contributed by atoms with E-state index in [1.165, 1.54) is 32.2 Å². The first kappa shape index (κ1) is 17.7. The minimum atomic E-state index is -0.235. The second kappa shape index (κ2) is 9.53. The molecule has 0 aromatic heterocycles. The first-order valence-electron chi connectivity index (χ1n) is 7.67. The second-order valence-corrected chi connectivity index (χ2v) is 8.62. The average Bonchev–Trinajstić information content (AvgIpc) is 2.51. The van der Waals surface area contributed by atoms with Crippen LogP contribution in [0.2, 0.25) is 0 Å². The summed E-state index contributed by atoms with van der Waals surface area (Å²) in [6.07, 6.45) is 4.93. The van der Waals surface area contributed by atoms with E-state index in [-0.39, 0.29) is 27.4 Å². The molecule has 4 atom stereocenters. The van der Waals surface area contributed by atoms with E-state index in [4.69, 9.17) is 0 Å². The zero-order chi connectivity index (χ0) is 14.3. The monoisotopic (exact) mass is 383 g/mol. The van der Waals surface area contributed by atoms with E-state index in [1.54, 1.807) is 0 Å². The van der Waals surface area contributed by atoms with Gasteiger partial charge in [-0.25, -0.2) is 0 Å². The van der Waals surface area contributed by atoms with Crippen molar-refractivity contribution in [3.05, 3.63) is 0 Å². The Labute approximate surface area is 129 Å². The molecule has 0 aromatic carbocycles. The summed E-state index contributed by atoms with van der Waals surface area (Å²) in [4.78, 5) is 4.44. The molecule has 1 heterocycles. The van der Waals surface area contributed by atoms with Crippen LogP contribution in [-0.2, 0) is 0 Å². The minimum absolute atomic E-state index is 0.0673. The van der Waals surface area contributed by atoms with Crippen LogP contribution in [0.15, 0.2) is 0 Å². The standard InChI is InChI=1S/C15H32IN2O/c1-5-18(4)15(19)14(16-3)13-8-10-17-9-6-7-12(2)11-13/h12-15,17,19H,5-11H2,1-4H3/q-1/t12-,13?,14?,15+/m0/s1. The van der Waals surface area contributed by atoms with Crippen LogP contribution >= 0.6 is 0 Å². The number of hydrogen-bond acceptors (Lipinski definition) is 3. The number of alkyl halides is 2. The average molecular weight is 383 g/mol. The van der Waals surface area contributed by atoms with Crippen LogP contribution in [0.1, 0.15) is 39.5 Å². The fourth-order valence-electron chi connectivity index (χ4n) is 2.99. The molecule has 1 aliphatic heterocycles.